The van der Waals surface area contributed by atoms with Crippen LogP contribution in [0.15, 0.2) is 122 Å². The molecule has 0 aliphatic heterocycles. The smallest absolute Gasteiger partial charge is 0.200 e. The molecule has 6 aromatic rings. The molecule has 0 saturated carbocycles. The second-order valence-electron chi connectivity index (χ2n) is 10.6. The van der Waals surface area contributed by atoms with E-state index in [0.717, 1.165) is 51.4 Å². The quantitative estimate of drug-likeness (QED) is 0.103. The van der Waals surface area contributed by atoms with Gasteiger partial charge in [0.15, 0.2) is 6.29 Å². The Hall–Kier alpha value is -5.51. The Bertz CT molecular complexity index is 1830. The third kappa shape index (κ3) is 8.02. The highest BCUT2D eigenvalue weighted by atomic mass is 16.7. The molecule has 0 unspecified atom stereocenters. The molecule has 0 aliphatic rings. The van der Waals surface area contributed by atoms with Crippen LogP contribution in [-0.2, 0) is 22.6 Å². The number of hydrogen-bond donors (Lipinski definition) is 0. The van der Waals surface area contributed by atoms with Crippen molar-refractivity contribution in [3.8, 4) is 34.0 Å². The highest BCUT2D eigenvalue weighted by Crippen LogP contribution is 2.30. The van der Waals surface area contributed by atoms with Crippen molar-refractivity contribution in [3.63, 3.8) is 0 Å². The standard InChI is InChI=1S/C20H22N2O3.C18H16N2O2/c1-23-17-11-9-15(10-12-17)13-22-14-21-18(16-7-5-4-6-8-16)19(22)20(24-2)25-3;1-22-16-9-7-14(8-10-16)11-20-13-19-18(17(20)12-21)15-5-3-2-4-6-15/h4-12,14,20H,13H2,1-3H3;2-10,12-13H,11H2,1H3. The van der Waals surface area contributed by atoms with Crippen molar-refractivity contribution in [2.45, 2.75) is 19.4 Å². The minimum atomic E-state index is -0.490. The minimum Gasteiger partial charge on any atom is -0.497 e. The van der Waals surface area contributed by atoms with E-state index in [1.165, 1.54) is 0 Å². The molecule has 0 aliphatic carbocycles. The molecule has 0 amide bonds. The molecular formula is C38H38N4O5. The molecule has 2 aromatic heterocycles. The zero-order valence-electron chi connectivity index (χ0n) is 26.9. The predicted molar refractivity (Wildman–Crippen MR) is 182 cm³/mol. The number of ether oxygens (including phenoxy) is 4. The van der Waals surface area contributed by atoms with Gasteiger partial charge in [0.05, 0.1) is 38.3 Å². The molecule has 2 heterocycles. The van der Waals surface area contributed by atoms with Gasteiger partial charge in [0.25, 0.3) is 0 Å². The van der Waals surface area contributed by atoms with Crippen LogP contribution in [0.3, 0.4) is 0 Å². The number of methoxy groups -OCH3 is 4. The Balaban J connectivity index is 0.000000186. The maximum atomic E-state index is 11.5. The molecule has 0 spiro atoms. The zero-order chi connectivity index (χ0) is 33.0. The molecule has 6 rings (SSSR count). The van der Waals surface area contributed by atoms with Gasteiger partial charge in [0.2, 0.25) is 6.29 Å². The van der Waals surface area contributed by atoms with Crippen molar-refractivity contribution in [3.05, 3.63) is 144 Å². The molecular weight excluding hydrogens is 592 g/mol. The van der Waals surface area contributed by atoms with Crippen molar-refractivity contribution >= 4 is 6.29 Å². The van der Waals surface area contributed by atoms with Crippen LogP contribution >= 0.6 is 0 Å². The summed E-state index contributed by atoms with van der Waals surface area (Å²) in [4.78, 5) is 20.5. The second-order valence-corrected chi connectivity index (χ2v) is 10.6. The highest BCUT2D eigenvalue weighted by molar-refractivity contribution is 5.83. The van der Waals surface area contributed by atoms with E-state index in [2.05, 4.69) is 14.5 Å². The number of benzene rings is 4. The Labute approximate surface area is 275 Å². The van der Waals surface area contributed by atoms with Gasteiger partial charge in [0, 0.05) is 38.4 Å². The van der Waals surface area contributed by atoms with Gasteiger partial charge in [-0.25, -0.2) is 9.97 Å². The van der Waals surface area contributed by atoms with Gasteiger partial charge in [0.1, 0.15) is 22.9 Å². The van der Waals surface area contributed by atoms with E-state index in [0.29, 0.717) is 24.5 Å². The van der Waals surface area contributed by atoms with E-state index in [9.17, 15) is 4.79 Å². The van der Waals surface area contributed by atoms with Crippen LogP contribution in [0.2, 0.25) is 0 Å². The first-order valence-electron chi connectivity index (χ1n) is 15.1. The summed E-state index contributed by atoms with van der Waals surface area (Å²) < 4.78 is 25.3. The van der Waals surface area contributed by atoms with Gasteiger partial charge in [-0.2, -0.15) is 0 Å². The Morgan fingerprint density at radius 2 is 1.04 bits per heavy atom. The minimum absolute atomic E-state index is 0.490. The van der Waals surface area contributed by atoms with Crippen molar-refractivity contribution in [1.82, 2.24) is 19.1 Å². The molecule has 4 aromatic carbocycles. The maximum absolute atomic E-state index is 11.5. The van der Waals surface area contributed by atoms with Crippen molar-refractivity contribution in [1.29, 1.82) is 0 Å². The molecule has 0 N–H and O–H groups in total. The van der Waals surface area contributed by atoms with Gasteiger partial charge < -0.3 is 28.1 Å². The fourth-order valence-corrected chi connectivity index (χ4v) is 5.22. The first kappa shape index (κ1) is 32.9. The lowest BCUT2D eigenvalue weighted by Crippen LogP contribution is -2.12. The summed E-state index contributed by atoms with van der Waals surface area (Å²) >= 11 is 0. The number of carbonyl (C=O) groups is 1. The van der Waals surface area contributed by atoms with E-state index in [-0.39, 0.29) is 0 Å². The zero-order valence-corrected chi connectivity index (χ0v) is 26.9. The van der Waals surface area contributed by atoms with Gasteiger partial charge in [-0.3, -0.25) is 4.79 Å². The molecule has 9 heteroatoms. The van der Waals surface area contributed by atoms with Crippen molar-refractivity contribution in [2.24, 2.45) is 0 Å². The summed E-state index contributed by atoms with van der Waals surface area (Å²) in [6.45, 7) is 1.26. The molecule has 0 bridgehead atoms. The fraction of sp³-hybridized carbons (Fsp3) is 0.184. The molecule has 47 heavy (non-hydrogen) atoms. The number of carbonyl (C=O) groups excluding carboxylic acids is 1. The monoisotopic (exact) mass is 630 g/mol. The highest BCUT2D eigenvalue weighted by Gasteiger charge is 2.22. The van der Waals surface area contributed by atoms with Crippen molar-refractivity contribution in [2.75, 3.05) is 28.4 Å². The maximum Gasteiger partial charge on any atom is 0.200 e. The van der Waals surface area contributed by atoms with E-state index in [1.807, 2.05) is 120 Å². The number of rotatable bonds is 12. The van der Waals surface area contributed by atoms with Crippen LogP contribution in [0.25, 0.3) is 22.5 Å². The molecule has 0 fully saturated rings. The Morgan fingerprint density at radius 1 is 0.596 bits per heavy atom. The van der Waals surface area contributed by atoms with Crippen LogP contribution in [0, 0.1) is 0 Å². The van der Waals surface area contributed by atoms with E-state index in [4.69, 9.17) is 18.9 Å². The predicted octanol–water partition coefficient (Wildman–Crippen LogP) is 7.32. The lowest BCUT2D eigenvalue weighted by Gasteiger charge is -2.18. The molecule has 0 saturated heterocycles. The fourth-order valence-electron chi connectivity index (χ4n) is 5.22. The molecule has 0 radical (unpaired) electrons. The number of imidazole rings is 2. The average molecular weight is 631 g/mol. The normalized spacial score (nSPS) is 10.7. The summed E-state index contributed by atoms with van der Waals surface area (Å²) in [6, 6.07) is 35.5. The summed E-state index contributed by atoms with van der Waals surface area (Å²) in [5.74, 6) is 1.65. The molecule has 0 atom stereocenters. The van der Waals surface area contributed by atoms with Crippen LogP contribution < -0.4 is 9.47 Å². The number of hydrogen-bond acceptors (Lipinski definition) is 7. The van der Waals surface area contributed by atoms with Gasteiger partial charge in [-0.15, -0.1) is 0 Å². The van der Waals surface area contributed by atoms with Crippen LogP contribution in [0.5, 0.6) is 11.5 Å². The third-order valence-corrected chi connectivity index (χ3v) is 7.64. The summed E-state index contributed by atoms with van der Waals surface area (Å²) in [6.07, 6.45) is 3.90. The summed E-state index contributed by atoms with van der Waals surface area (Å²) in [5.41, 5.74) is 7.26. The van der Waals surface area contributed by atoms with Crippen LogP contribution in [-0.4, -0.2) is 53.8 Å². The largest absolute Gasteiger partial charge is 0.497 e. The topological polar surface area (TPSA) is 89.6 Å². The van der Waals surface area contributed by atoms with Gasteiger partial charge in [-0.1, -0.05) is 84.9 Å². The first-order chi connectivity index (χ1) is 23.1. The Morgan fingerprint density at radius 3 is 1.51 bits per heavy atom. The molecule has 240 valence electrons. The number of aldehydes is 1. The van der Waals surface area contributed by atoms with Gasteiger partial charge >= 0.3 is 0 Å². The average Bonchev–Trinajstić information content (AvgIpc) is 3.74. The van der Waals surface area contributed by atoms with Crippen molar-refractivity contribution < 1.29 is 23.7 Å². The second kappa shape index (κ2) is 16.2. The Kier molecular flexibility index (Phi) is 11.3. The lowest BCUT2D eigenvalue weighted by molar-refractivity contribution is -0.110. The van der Waals surface area contributed by atoms with Crippen LogP contribution in [0.1, 0.15) is 33.6 Å². The van der Waals surface area contributed by atoms with Gasteiger partial charge in [-0.05, 0) is 35.4 Å². The van der Waals surface area contributed by atoms with E-state index < -0.39 is 6.29 Å². The number of nitrogens with zero attached hydrogens (tertiary/aromatic N) is 4. The molecule has 9 nitrogen and oxygen atoms in total. The summed E-state index contributed by atoms with van der Waals surface area (Å²) in [5, 5.41) is 0. The summed E-state index contributed by atoms with van der Waals surface area (Å²) in [7, 11) is 6.57. The SMILES string of the molecule is COc1ccc(Cn2cnc(-c3ccccc3)c2C(OC)OC)cc1.COc1ccc(Cn2cnc(-c3ccccc3)c2C=O)cc1. The van der Waals surface area contributed by atoms with Crippen LogP contribution in [0.4, 0.5) is 0 Å². The number of aromatic nitrogens is 4. The van der Waals surface area contributed by atoms with E-state index in [1.54, 1.807) is 34.8 Å². The first-order valence-corrected chi connectivity index (χ1v) is 15.1. The third-order valence-electron chi connectivity index (χ3n) is 7.64. The van der Waals surface area contributed by atoms with E-state index >= 15 is 0 Å². The lowest BCUT2D eigenvalue weighted by atomic mass is 10.1.